The zero-order valence-corrected chi connectivity index (χ0v) is 11.7. The molecule has 0 fully saturated rings. The Balaban J connectivity index is 2.64. The van der Waals surface area contributed by atoms with E-state index in [1.54, 1.807) is 0 Å². The van der Waals surface area contributed by atoms with Gasteiger partial charge in [0.05, 0.1) is 11.3 Å². The van der Waals surface area contributed by atoms with E-state index in [0.717, 1.165) is 6.26 Å². The van der Waals surface area contributed by atoms with Gasteiger partial charge in [-0.1, -0.05) is 0 Å². The molecule has 5 nitrogen and oxygen atoms in total. The predicted octanol–water partition coefficient (Wildman–Crippen LogP) is 0.881. The molecule has 0 spiro atoms. The SMILES string of the molecule is Cc1cc(N)cc(C(=O)NCCCS(C)(=O)=O)c1F. The van der Waals surface area contributed by atoms with E-state index in [-0.39, 0.29) is 24.3 Å². The first kappa shape index (κ1) is 15.4. The zero-order chi connectivity index (χ0) is 14.6. The normalized spacial score (nSPS) is 11.3. The fourth-order valence-electron chi connectivity index (χ4n) is 1.59. The molecule has 7 heteroatoms. The molecule has 3 N–H and O–H groups in total. The van der Waals surface area contributed by atoms with Crippen LogP contribution in [0.25, 0.3) is 0 Å². The number of halogens is 1. The van der Waals surface area contributed by atoms with Gasteiger partial charge in [0.15, 0.2) is 0 Å². The highest BCUT2D eigenvalue weighted by molar-refractivity contribution is 7.90. The molecule has 1 amide bonds. The minimum atomic E-state index is -3.05. The van der Waals surface area contributed by atoms with Crippen LogP contribution >= 0.6 is 0 Å². The van der Waals surface area contributed by atoms with Gasteiger partial charge < -0.3 is 11.1 Å². The van der Waals surface area contributed by atoms with Gasteiger partial charge in [-0.25, -0.2) is 12.8 Å². The van der Waals surface area contributed by atoms with Crippen molar-refractivity contribution in [2.45, 2.75) is 13.3 Å². The van der Waals surface area contributed by atoms with Crippen LogP contribution in [0.15, 0.2) is 12.1 Å². The van der Waals surface area contributed by atoms with E-state index in [1.807, 2.05) is 0 Å². The maximum Gasteiger partial charge on any atom is 0.254 e. The summed E-state index contributed by atoms with van der Waals surface area (Å²) in [6.45, 7) is 1.69. The molecular formula is C12H17FN2O3S. The van der Waals surface area contributed by atoms with Gasteiger partial charge in [-0.3, -0.25) is 4.79 Å². The van der Waals surface area contributed by atoms with Crippen LogP contribution in [0.3, 0.4) is 0 Å². The van der Waals surface area contributed by atoms with Crippen molar-refractivity contribution in [3.8, 4) is 0 Å². The summed E-state index contributed by atoms with van der Waals surface area (Å²) in [5.41, 5.74) is 6.02. The second kappa shape index (κ2) is 6.01. The molecule has 0 unspecified atom stereocenters. The second-order valence-electron chi connectivity index (χ2n) is 4.44. The fourth-order valence-corrected chi connectivity index (χ4v) is 2.26. The molecule has 0 saturated carbocycles. The van der Waals surface area contributed by atoms with Crippen LogP contribution in [0.4, 0.5) is 10.1 Å². The number of amides is 1. The number of aryl methyl sites for hydroxylation is 1. The van der Waals surface area contributed by atoms with Crippen molar-refractivity contribution < 1.29 is 17.6 Å². The van der Waals surface area contributed by atoms with E-state index in [4.69, 9.17) is 5.73 Å². The van der Waals surface area contributed by atoms with Gasteiger partial charge in [-0.05, 0) is 31.0 Å². The minimum absolute atomic E-state index is 0.0221. The first-order valence-corrected chi connectivity index (χ1v) is 7.78. The lowest BCUT2D eigenvalue weighted by atomic mass is 10.1. The molecule has 0 aliphatic heterocycles. The number of anilines is 1. The number of hydrogen-bond donors (Lipinski definition) is 2. The predicted molar refractivity (Wildman–Crippen MR) is 72.2 cm³/mol. The van der Waals surface area contributed by atoms with E-state index >= 15 is 0 Å². The minimum Gasteiger partial charge on any atom is -0.399 e. The summed E-state index contributed by atoms with van der Waals surface area (Å²) in [6.07, 6.45) is 1.41. The highest BCUT2D eigenvalue weighted by atomic mass is 32.2. The summed E-state index contributed by atoms with van der Waals surface area (Å²) < 4.78 is 35.5. The Morgan fingerprint density at radius 3 is 2.63 bits per heavy atom. The quantitative estimate of drug-likeness (QED) is 0.622. The van der Waals surface area contributed by atoms with Crippen LogP contribution in [-0.4, -0.2) is 32.9 Å². The van der Waals surface area contributed by atoms with Crippen molar-refractivity contribution >= 4 is 21.4 Å². The van der Waals surface area contributed by atoms with Crippen molar-refractivity contribution in [1.82, 2.24) is 5.32 Å². The zero-order valence-electron chi connectivity index (χ0n) is 10.9. The Morgan fingerprint density at radius 1 is 1.42 bits per heavy atom. The molecule has 0 saturated heterocycles. The van der Waals surface area contributed by atoms with E-state index in [2.05, 4.69) is 5.32 Å². The number of nitrogens with one attached hydrogen (secondary N) is 1. The number of hydrogen-bond acceptors (Lipinski definition) is 4. The van der Waals surface area contributed by atoms with Gasteiger partial charge in [-0.15, -0.1) is 0 Å². The lowest BCUT2D eigenvalue weighted by Gasteiger charge is -2.08. The van der Waals surface area contributed by atoms with Crippen molar-refractivity contribution in [3.05, 3.63) is 29.1 Å². The standard InChI is InChI=1S/C12H17FN2O3S/c1-8-6-9(14)7-10(11(8)13)12(16)15-4-3-5-19(2,17)18/h6-7H,3-5,14H2,1-2H3,(H,15,16). The van der Waals surface area contributed by atoms with Crippen LogP contribution < -0.4 is 11.1 Å². The van der Waals surface area contributed by atoms with Gasteiger partial charge in [0.25, 0.3) is 5.91 Å². The van der Waals surface area contributed by atoms with Crippen molar-refractivity contribution in [1.29, 1.82) is 0 Å². The average Bonchev–Trinajstić information content (AvgIpc) is 2.27. The van der Waals surface area contributed by atoms with E-state index in [9.17, 15) is 17.6 Å². The maximum atomic E-state index is 13.7. The molecule has 1 aromatic rings. The van der Waals surface area contributed by atoms with Gasteiger partial charge >= 0.3 is 0 Å². The summed E-state index contributed by atoms with van der Waals surface area (Å²) >= 11 is 0. The van der Waals surface area contributed by atoms with Crippen molar-refractivity contribution in [2.75, 3.05) is 24.3 Å². The third-order valence-corrected chi connectivity index (χ3v) is 3.53. The Morgan fingerprint density at radius 2 is 2.05 bits per heavy atom. The number of rotatable bonds is 5. The van der Waals surface area contributed by atoms with E-state index < -0.39 is 21.6 Å². The molecule has 1 rings (SSSR count). The van der Waals surface area contributed by atoms with Crippen molar-refractivity contribution in [2.24, 2.45) is 0 Å². The van der Waals surface area contributed by atoms with Gasteiger partial charge in [-0.2, -0.15) is 0 Å². The number of benzene rings is 1. The second-order valence-corrected chi connectivity index (χ2v) is 6.70. The third-order valence-electron chi connectivity index (χ3n) is 2.50. The average molecular weight is 288 g/mol. The maximum absolute atomic E-state index is 13.7. The topological polar surface area (TPSA) is 89.3 Å². The van der Waals surface area contributed by atoms with Crippen molar-refractivity contribution in [3.63, 3.8) is 0 Å². The Bertz CT molecular complexity index is 585. The molecule has 1 aromatic carbocycles. The molecule has 0 aliphatic rings. The number of nitrogen functional groups attached to an aromatic ring is 1. The monoisotopic (exact) mass is 288 g/mol. The first-order chi connectivity index (χ1) is 8.70. The van der Waals surface area contributed by atoms with Crippen LogP contribution in [-0.2, 0) is 9.84 Å². The number of carbonyl (C=O) groups excluding carboxylic acids is 1. The van der Waals surface area contributed by atoms with Gasteiger partial charge in [0.2, 0.25) is 0 Å². The molecule has 0 atom stereocenters. The molecule has 0 heterocycles. The van der Waals surface area contributed by atoms with Gasteiger partial charge in [0.1, 0.15) is 15.7 Å². The number of nitrogens with two attached hydrogens (primary N) is 1. The highest BCUT2D eigenvalue weighted by Gasteiger charge is 2.14. The number of sulfone groups is 1. The molecule has 0 aromatic heterocycles. The smallest absolute Gasteiger partial charge is 0.254 e. The summed E-state index contributed by atoms with van der Waals surface area (Å²) in [7, 11) is -3.05. The Labute approximate surface area is 111 Å². The largest absolute Gasteiger partial charge is 0.399 e. The number of carbonyl (C=O) groups is 1. The Kier molecular flexibility index (Phi) is 4.88. The summed E-state index contributed by atoms with van der Waals surface area (Å²) in [5.74, 6) is -1.23. The summed E-state index contributed by atoms with van der Waals surface area (Å²) in [4.78, 5) is 11.7. The van der Waals surface area contributed by atoms with Gasteiger partial charge in [0, 0.05) is 18.5 Å². The summed E-state index contributed by atoms with van der Waals surface area (Å²) in [6, 6.07) is 2.70. The van der Waals surface area contributed by atoms with E-state index in [0.29, 0.717) is 11.3 Å². The summed E-state index contributed by atoms with van der Waals surface area (Å²) in [5, 5.41) is 2.47. The van der Waals surface area contributed by atoms with Crippen LogP contribution in [0.2, 0.25) is 0 Å². The lowest BCUT2D eigenvalue weighted by Crippen LogP contribution is -2.27. The Hall–Kier alpha value is -1.63. The lowest BCUT2D eigenvalue weighted by molar-refractivity contribution is 0.0949. The highest BCUT2D eigenvalue weighted by Crippen LogP contribution is 2.16. The molecule has 0 radical (unpaired) electrons. The fraction of sp³-hybridized carbons (Fsp3) is 0.417. The van der Waals surface area contributed by atoms with Crippen LogP contribution in [0.5, 0.6) is 0 Å². The molecule has 106 valence electrons. The third kappa shape index (κ3) is 4.86. The van der Waals surface area contributed by atoms with Crippen LogP contribution in [0, 0.1) is 12.7 Å². The van der Waals surface area contributed by atoms with Crippen LogP contribution in [0.1, 0.15) is 22.3 Å². The van der Waals surface area contributed by atoms with E-state index in [1.165, 1.54) is 19.1 Å². The molecular weight excluding hydrogens is 271 g/mol. The molecule has 19 heavy (non-hydrogen) atoms. The first-order valence-electron chi connectivity index (χ1n) is 5.72. The molecule has 0 aliphatic carbocycles. The molecule has 0 bridgehead atoms.